The van der Waals surface area contributed by atoms with Crippen LogP contribution in [0.1, 0.15) is 5.56 Å². The highest BCUT2D eigenvalue weighted by Crippen LogP contribution is 2.28. The van der Waals surface area contributed by atoms with Gasteiger partial charge in [0, 0.05) is 42.6 Å². The number of hydrogen-bond donors (Lipinski definition) is 1. The topological polar surface area (TPSA) is 67.4 Å². The number of carbonyl (C=O) groups excluding carboxylic acids is 1. The third-order valence-corrected chi connectivity index (χ3v) is 5.18. The van der Waals surface area contributed by atoms with Gasteiger partial charge >= 0.3 is 0 Å². The zero-order valence-electron chi connectivity index (χ0n) is 13.2. The number of hydrogen-bond acceptors (Lipinski definition) is 7. The zero-order chi connectivity index (χ0) is 16.4. The Morgan fingerprint density at radius 3 is 2.75 bits per heavy atom. The molecule has 0 saturated carbocycles. The molecule has 1 N–H and O–H groups in total. The van der Waals surface area contributed by atoms with Gasteiger partial charge in [-0.25, -0.2) is 9.97 Å². The van der Waals surface area contributed by atoms with Crippen molar-refractivity contribution in [2.75, 3.05) is 42.3 Å². The zero-order valence-corrected chi connectivity index (χ0v) is 14.0. The summed E-state index contributed by atoms with van der Waals surface area (Å²) in [5.74, 6) is 1.29. The Kier molecular flexibility index (Phi) is 4.36. The Morgan fingerprint density at radius 2 is 1.96 bits per heavy atom. The second kappa shape index (κ2) is 6.78. The van der Waals surface area contributed by atoms with Crippen LogP contribution in [0.25, 0.3) is 0 Å². The number of rotatable bonds is 3. The molecule has 0 spiro atoms. The van der Waals surface area contributed by atoms with Crippen LogP contribution >= 0.6 is 11.8 Å². The molecule has 1 aromatic heterocycles. The molecule has 0 atom stereocenters. The number of anilines is 3. The largest absolute Gasteiger partial charge is 0.378 e. The fraction of sp³-hybridized carbons (Fsp3) is 0.353. The maximum atomic E-state index is 11.5. The predicted octanol–water partition coefficient (Wildman–Crippen LogP) is 2.27. The lowest BCUT2D eigenvalue weighted by atomic mass is 10.2. The summed E-state index contributed by atoms with van der Waals surface area (Å²) in [6.07, 6.45) is 2.19. The summed E-state index contributed by atoms with van der Waals surface area (Å²) in [6, 6.07) is 8.26. The predicted molar refractivity (Wildman–Crippen MR) is 94.2 cm³/mol. The molecule has 24 heavy (non-hydrogen) atoms. The number of ketones is 1. The number of benzene rings is 1. The van der Waals surface area contributed by atoms with Gasteiger partial charge in [-0.3, -0.25) is 4.79 Å². The lowest BCUT2D eigenvalue weighted by molar-refractivity contribution is -0.116. The highest BCUT2D eigenvalue weighted by atomic mass is 32.2. The molecule has 4 rings (SSSR count). The lowest BCUT2D eigenvalue weighted by Crippen LogP contribution is -2.36. The average Bonchev–Trinajstić information content (AvgIpc) is 2.63. The van der Waals surface area contributed by atoms with E-state index in [-0.39, 0.29) is 5.78 Å². The molecule has 0 amide bonds. The number of carbonyl (C=O) groups is 1. The van der Waals surface area contributed by atoms with Crippen LogP contribution in [-0.2, 0) is 16.0 Å². The first-order valence-electron chi connectivity index (χ1n) is 7.98. The van der Waals surface area contributed by atoms with Crippen LogP contribution in [-0.4, -0.2) is 47.8 Å². The monoisotopic (exact) mass is 342 g/mol. The molecule has 2 aliphatic rings. The smallest absolute Gasteiger partial charge is 0.228 e. The van der Waals surface area contributed by atoms with Gasteiger partial charge in [0.25, 0.3) is 0 Å². The Labute approximate surface area is 144 Å². The molecule has 124 valence electrons. The van der Waals surface area contributed by atoms with E-state index in [1.165, 1.54) is 17.4 Å². The third-order valence-electron chi connectivity index (χ3n) is 4.08. The minimum atomic E-state index is 0.232. The van der Waals surface area contributed by atoms with Crippen molar-refractivity contribution in [2.45, 2.75) is 11.4 Å². The first-order chi connectivity index (χ1) is 11.8. The van der Waals surface area contributed by atoms with E-state index in [4.69, 9.17) is 4.74 Å². The maximum absolute atomic E-state index is 11.5. The van der Waals surface area contributed by atoms with Gasteiger partial charge in [-0.15, -0.1) is 0 Å². The second-order valence-electron chi connectivity index (χ2n) is 5.80. The molecule has 1 fully saturated rings. The van der Waals surface area contributed by atoms with Gasteiger partial charge < -0.3 is 15.0 Å². The van der Waals surface area contributed by atoms with Crippen molar-refractivity contribution in [2.24, 2.45) is 0 Å². The summed E-state index contributed by atoms with van der Waals surface area (Å²) in [5.41, 5.74) is 3.07. The number of thioether (sulfide) groups is 1. The van der Waals surface area contributed by atoms with Gasteiger partial charge in [-0.2, -0.15) is 0 Å². The summed E-state index contributed by atoms with van der Waals surface area (Å²) in [5, 5.41) is 4.13. The van der Waals surface area contributed by atoms with Crippen LogP contribution in [0, 0.1) is 0 Å². The Balaban J connectivity index is 1.46. The van der Waals surface area contributed by atoms with E-state index in [2.05, 4.69) is 32.3 Å². The quantitative estimate of drug-likeness (QED) is 0.858. The summed E-state index contributed by atoms with van der Waals surface area (Å²) >= 11 is 1.48. The normalized spacial score (nSPS) is 17.5. The number of morpholine rings is 1. The number of aromatic nitrogens is 2. The molecule has 0 bridgehead atoms. The van der Waals surface area contributed by atoms with Gasteiger partial charge in [-0.1, -0.05) is 11.8 Å². The summed E-state index contributed by atoms with van der Waals surface area (Å²) in [6.45, 7) is 3.42. The van der Waals surface area contributed by atoms with Crippen molar-refractivity contribution < 1.29 is 9.53 Å². The SMILES string of the molecule is O=C1CSc2nc(Nc3ccc(N4CCOCC4)cc3)ncc2C1. The van der Waals surface area contributed by atoms with Crippen molar-refractivity contribution in [3.63, 3.8) is 0 Å². The van der Waals surface area contributed by atoms with E-state index in [9.17, 15) is 4.79 Å². The Morgan fingerprint density at radius 1 is 1.17 bits per heavy atom. The third kappa shape index (κ3) is 3.37. The van der Waals surface area contributed by atoms with Crippen molar-refractivity contribution in [1.29, 1.82) is 0 Å². The molecule has 6 nitrogen and oxygen atoms in total. The van der Waals surface area contributed by atoms with E-state index in [1.54, 1.807) is 6.20 Å². The highest BCUT2D eigenvalue weighted by Gasteiger charge is 2.18. The first-order valence-corrected chi connectivity index (χ1v) is 8.97. The van der Waals surface area contributed by atoms with Gasteiger partial charge in [0.2, 0.25) is 5.95 Å². The minimum absolute atomic E-state index is 0.232. The fourth-order valence-electron chi connectivity index (χ4n) is 2.82. The number of nitrogens with zero attached hydrogens (tertiary/aromatic N) is 3. The van der Waals surface area contributed by atoms with Crippen molar-refractivity contribution in [3.05, 3.63) is 36.0 Å². The molecular weight excluding hydrogens is 324 g/mol. The molecular formula is C17H18N4O2S. The number of ether oxygens (including phenoxy) is 1. The molecule has 0 radical (unpaired) electrons. The number of nitrogens with one attached hydrogen (secondary N) is 1. The standard InChI is InChI=1S/C17H18N4O2S/c22-15-9-12-10-18-17(20-16(12)24-11-15)19-13-1-3-14(4-2-13)21-5-7-23-8-6-21/h1-4,10H,5-9,11H2,(H,18,19,20). The van der Waals surface area contributed by atoms with E-state index in [0.29, 0.717) is 18.1 Å². The molecule has 0 unspecified atom stereocenters. The second-order valence-corrected chi connectivity index (χ2v) is 6.76. The summed E-state index contributed by atoms with van der Waals surface area (Å²) in [4.78, 5) is 22.6. The van der Waals surface area contributed by atoms with Crippen LogP contribution < -0.4 is 10.2 Å². The highest BCUT2D eigenvalue weighted by molar-refractivity contribution is 8.00. The molecule has 2 aromatic rings. The van der Waals surface area contributed by atoms with Crippen LogP contribution in [0.3, 0.4) is 0 Å². The Hall–Kier alpha value is -2.12. The van der Waals surface area contributed by atoms with Crippen molar-refractivity contribution in [1.82, 2.24) is 9.97 Å². The van der Waals surface area contributed by atoms with Crippen LogP contribution in [0.15, 0.2) is 35.5 Å². The molecule has 2 aliphatic heterocycles. The van der Waals surface area contributed by atoms with Gasteiger partial charge in [0.05, 0.1) is 19.0 Å². The van der Waals surface area contributed by atoms with Crippen molar-refractivity contribution >= 4 is 34.9 Å². The Bertz CT molecular complexity index is 745. The maximum Gasteiger partial charge on any atom is 0.228 e. The molecule has 0 aliphatic carbocycles. The fourth-order valence-corrected chi connectivity index (χ4v) is 3.68. The van der Waals surface area contributed by atoms with Crippen molar-refractivity contribution in [3.8, 4) is 0 Å². The molecule has 7 heteroatoms. The number of fused-ring (bicyclic) bond motifs is 1. The van der Waals surface area contributed by atoms with E-state index in [0.717, 1.165) is 42.6 Å². The van der Waals surface area contributed by atoms with Gasteiger partial charge in [-0.05, 0) is 24.3 Å². The average molecular weight is 342 g/mol. The van der Waals surface area contributed by atoms with E-state index < -0.39 is 0 Å². The van der Waals surface area contributed by atoms with Crippen LogP contribution in [0.5, 0.6) is 0 Å². The van der Waals surface area contributed by atoms with Crippen LogP contribution in [0.4, 0.5) is 17.3 Å². The molecule has 1 aromatic carbocycles. The molecule has 3 heterocycles. The van der Waals surface area contributed by atoms with Crippen LogP contribution in [0.2, 0.25) is 0 Å². The lowest BCUT2D eigenvalue weighted by Gasteiger charge is -2.28. The first kappa shape index (κ1) is 15.4. The van der Waals surface area contributed by atoms with E-state index in [1.807, 2.05) is 12.1 Å². The number of Topliss-reactive ketones (excluding diaryl/α,β-unsaturated/α-hetero) is 1. The van der Waals surface area contributed by atoms with Gasteiger partial charge in [0.15, 0.2) is 0 Å². The molecule has 1 saturated heterocycles. The van der Waals surface area contributed by atoms with E-state index >= 15 is 0 Å². The summed E-state index contributed by atoms with van der Waals surface area (Å²) < 4.78 is 5.38. The minimum Gasteiger partial charge on any atom is -0.378 e. The summed E-state index contributed by atoms with van der Waals surface area (Å²) in [7, 11) is 0. The van der Waals surface area contributed by atoms with Gasteiger partial charge in [0.1, 0.15) is 10.8 Å².